The first-order chi connectivity index (χ1) is 5.61. The molecule has 1 unspecified atom stereocenters. The molecule has 12 heavy (non-hydrogen) atoms. The van der Waals surface area contributed by atoms with Crippen LogP contribution in [-0.2, 0) is 9.53 Å². The average molecular weight is 173 g/mol. The van der Waals surface area contributed by atoms with Crippen molar-refractivity contribution in [3.63, 3.8) is 0 Å². The number of nitrogens with zero attached hydrogens (tertiary/aromatic N) is 1. The third kappa shape index (κ3) is 1.87. The van der Waals surface area contributed by atoms with Gasteiger partial charge in [-0.1, -0.05) is 0 Å². The smallest absolute Gasteiger partial charge is 0.409 e. The van der Waals surface area contributed by atoms with Crippen molar-refractivity contribution in [3.05, 3.63) is 0 Å². The van der Waals surface area contributed by atoms with Crippen LogP contribution in [0.5, 0.6) is 0 Å². The molecule has 68 valence electrons. The molecule has 1 N–H and O–H groups in total. The molecule has 0 aromatic carbocycles. The molecule has 1 aliphatic heterocycles. The van der Waals surface area contributed by atoms with Crippen LogP contribution in [-0.4, -0.2) is 41.8 Å². The Hall–Kier alpha value is -1.26. The van der Waals surface area contributed by atoms with Gasteiger partial charge in [-0.2, -0.15) is 0 Å². The Morgan fingerprint density at radius 3 is 3.08 bits per heavy atom. The highest BCUT2D eigenvalue weighted by atomic mass is 16.6. The third-order valence-electron chi connectivity index (χ3n) is 1.92. The Balaban J connectivity index is 2.52. The molecule has 0 aliphatic carbocycles. The molecule has 1 saturated heterocycles. The largest absolute Gasteiger partial charge is 0.481 e. The van der Waals surface area contributed by atoms with Gasteiger partial charge < -0.3 is 14.7 Å². The Morgan fingerprint density at radius 2 is 2.50 bits per heavy atom. The van der Waals surface area contributed by atoms with Crippen LogP contribution in [0.15, 0.2) is 0 Å². The normalized spacial score (nSPS) is 23.6. The summed E-state index contributed by atoms with van der Waals surface area (Å²) in [5, 5.41) is 8.49. The van der Waals surface area contributed by atoms with Crippen molar-refractivity contribution in [2.45, 2.75) is 18.9 Å². The lowest BCUT2D eigenvalue weighted by atomic mass is 10.1. The molecule has 1 rings (SSSR count). The number of amides is 1. The van der Waals surface area contributed by atoms with Crippen LogP contribution in [0, 0.1) is 0 Å². The van der Waals surface area contributed by atoms with Gasteiger partial charge >= 0.3 is 12.1 Å². The van der Waals surface area contributed by atoms with Gasteiger partial charge in [-0.05, 0) is 0 Å². The van der Waals surface area contributed by atoms with Gasteiger partial charge in [0.15, 0.2) is 0 Å². The second-order valence-corrected chi connectivity index (χ2v) is 2.77. The highest BCUT2D eigenvalue weighted by Gasteiger charge is 2.27. The number of cyclic esters (lactones) is 1. The van der Waals surface area contributed by atoms with E-state index in [4.69, 9.17) is 9.84 Å². The van der Waals surface area contributed by atoms with Crippen LogP contribution in [0.2, 0.25) is 0 Å². The molecule has 1 amide bonds. The second kappa shape index (κ2) is 3.42. The van der Waals surface area contributed by atoms with E-state index < -0.39 is 12.1 Å². The average Bonchev–Trinajstić information content (AvgIpc) is 1.98. The fraction of sp³-hybridized carbons (Fsp3) is 0.714. The lowest BCUT2D eigenvalue weighted by Crippen LogP contribution is -2.43. The molecule has 5 nitrogen and oxygen atoms in total. The fourth-order valence-corrected chi connectivity index (χ4v) is 1.17. The molecule has 0 aromatic rings. The number of carboxylic acid groups (broad SMARTS) is 1. The molecule has 0 bridgehead atoms. The minimum Gasteiger partial charge on any atom is -0.481 e. The zero-order valence-corrected chi connectivity index (χ0v) is 6.82. The molecular weight excluding hydrogens is 162 g/mol. The van der Waals surface area contributed by atoms with Crippen LogP contribution in [0.1, 0.15) is 12.8 Å². The quantitative estimate of drug-likeness (QED) is 0.652. The maximum Gasteiger partial charge on any atom is 0.409 e. The van der Waals surface area contributed by atoms with E-state index in [-0.39, 0.29) is 12.5 Å². The summed E-state index contributed by atoms with van der Waals surface area (Å²) in [7, 11) is 1.55. The number of hydrogen-bond acceptors (Lipinski definition) is 3. The highest BCUT2D eigenvalue weighted by Crippen LogP contribution is 2.13. The van der Waals surface area contributed by atoms with Gasteiger partial charge in [0.25, 0.3) is 0 Å². The molecule has 0 radical (unpaired) electrons. The first kappa shape index (κ1) is 8.83. The summed E-state index contributed by atoms with van der Waals surface area (Å²) in [5.41, 5.74) is 0. The number of carboxylic acids is 1. The lowest BCUT2D eigenvalue weighted by Gasteiger charge is -2.30. The summed E-state index contributed by atoms with van der Waals surface area (Å²) in [6.07, 6.45) is 0.146. The van der Waals surface area contributed by atoms with Crippen molar-refractivity contribution >= 4 is 12.1 Å². The van der Waals surface area contributed by atoms with Gasteiger partial charge in [-0.25, -0.2) is 4.79 Å². The van der Waals surface area contributed by atoms with Crippen molar-refractivity contribution in [2.24, 2.45) is 0 Å². The van der Waals surface area contributed by atoms with Crippen molar-refractivity contribution in [3.8, 4) is 0 Å². The maximum absolute atomic E-state index is 10.9. The minimum atomic E-state index is -0.887. The number of ether oxygens (including phenoxy) is 1. The van der Waals surface area contributed by atoms with E-state index in [1.54, 1.807) is 7.05 Å². The van der Waals surface area contributed by atoms with E-state index in [9.17, 15) is 9.59 Å². The monoisotopic (exact) mass is 173 g/mol. The van der Waals surface area contributed by atoms with Gasteiger partial charge in [-0.15, -0.1) is 0 Å². The van der Waals surface area contributed by atoms with E-state index in [0.29, 0.717) is 13.0 Å². The molecular formula is C7H11NO4. The Kier molecular flexibility index (Phi) is 2.52. The summed E-state index contributed by atoms with van der Waals surface area (Å²) in [4.78, 5) is 22.6. The molecule has 1 aliphatic rings. The van der Waals surface area contributed by atoms with E-state index >= 15 is 0 Å². The topological polar surface area (TPSA) is 66.8 Å². The summed E-state index contributed by atoms with van der Waals surface area (Å²) in [6, 6.07) is -0.219. The van der Waals surface area contributed by atoms with Crippen molar-refractivity contribution in [1.29, 1.82) is 0 Å². The minimum absolute atomic E-state index is 0.00833. The van der Waals surface area contributed by atoms with E-state index in [1.165, 1.54) is 4.90 Å². The number of aliphatic carboxylic acids is 1. The first-order valence-electron chi connectivity index (χ1n) is 3.72. The van der Waals surface area contributed by atoms with Crippen LogP contribution in [0.4, 0.5) is 4.79 Å². The van der Waals surface area contributed by atoms with Gasteiger partial charge in [0, 0.05) is 19.5 Å². The zero-order valence-electron chi connectivity index (χ0n) is 6.82. The summed E-state index contributed by atoms with van der Waals surface area (Å²) >= 11 is 0. The summed E-state index contributed by atoms with van der Waals surface area (Å²) in [6.45, 7) is 0.321. The summed E-state index contributed by atoms with van der Waals surface area (Å²) in [5.74, 6) is -0.887. The Labute approximate surface area is 69.9 Å². The SMILES string of the molecule is CN1C(=O)OCCC1CC(=O)O. The van der Waals surface area contributed by atoms with E-state index in [2.05, 4.69) is 0 Å². The van der Waals surface area contributed by atoms with E-state index in [0.717, 1.165) is 0 Å². The molecule has 5 heteroatoms. The van der Waals surface area contributed by atoms with Crippen LogP contribution in [0.25, 0.3) is 0 Å². The van der Waals surface area contributed by atoms with Gasteiger partial charge in [-0.3, -0.25) is 4.79 Å². The van der Waals surface area contributed by atoms with Crippen LogP contribution < -0.4 is 0 Å². The van der Waals surface area contributed by atoms with Gasteiger partial charge in [0.05, 0.1) is 13.0 Å². The molecule has 0 spiro atoms. The predicted molar refractivity (Wildman–Crippen MR) is 39.8 cm³/mol. The third-order valence-corrected chi connectivity index (χ3v) is 1.92. The molecule has 0 aromatic heterocycles. The molecule has 1 heterocycles. The first-order valence-corrected chi connectivity index (χ1v) is 3.72. The second-order valence-electron chi connectivity index (χ2n) is 2.77. The number of carbonyl (C=O) groups is 2. The molecule has 1 atom stereocenters. The maximum atomic E-state index is 10.9. The van der Waals surface area contributed by atoms with Crippen molar-refractivity contribution < 1.29 is 19.4 Å². The number of carbonyl (C=O) groups excluding carboxylic acids is 1. The molecule has 1 fully saturated rings. The molecule has 0 saturated carbocycles. The number of rotatable bonds is 2. The van der Waals surface area contributed by atoms with Crippen LogP contribution in [0.3, 0.4) is 0 Å². The summed E-state index contributed by atoms with van der Waals surface area (Å²) < 4.78 is 4.70. The van der Waals surface area contributed by atoms with Gasteiger partial charge in [0.2, 0.25) is 0 Å². The highest BCUT2D eigenvalue weighted by molar-refractivity contribution is 5.71. The standard InChI is InChI=1S/C7H11NO4/c1-8-5(4-6(9)10)2-3-12-7(8)11/h5H,2-4H2,1H3,(H,9,10). The van der Waals surface area contributed by atoms with E-state index in [1.807, 2.05) is 0 Å². The zero-order chi connectivity index (χ0) is 9.14. The number of hydrogen-bond donors (Lipinski definition) is 1. The fourth-order valence-electron chi connectivity index (χ4n) is 1.17. The lowest BCUT2D eigenvalue weighted by molar-refractivity contribution is -0.138. The Bertz CT molecular complexity index is 204. The van der Waals surface area contributed by atoms with Crippen molar-refractivity contribution in [1.82, 2.24) is 4.90 Å². The van der Waals surface area contributed by atoms with Crippen molar-refractivity contribution in [2.75, 3.05) is 13.7 Å². The predicted octanol–water partition coefficient (Wildman–Crippen LogP) is 0.302. The Morgan fingerprint density at radius 1 is 1.83 bits per heavy atom. The van der Waals surface area contributed by atoms with Crippen LogP contribution >= 0.6 is 0 Å². The van der Waals surface area contributed by atoms with Gasteiger partial charge in [0.1, 0.15) is 0 Å².